The van der Waals surface area contributed by atoms with Gasteiger partial charge in [-0.3, -0.25) is 4.79 Å². The predicted molar refractivity (Wildman–Crippen MR) is 84.6 cm³/mol. The molecule has 0 aliphatic carbocycles. The molecule has 1 fully saturated rings. The number of nitrogens with zero attached hydrogens (tertiary/aromatic N) is 1. The first-order valence-corrected chi connectivity index (χ1v) is 7.74. The fourth-order valence-corrected chi connectivity index (χ4v) is 2.62. The molecule has 116 valence electrons. The summed E-state index contributed by atoms with van der Waals surface area (Å²) in [6.07, 6.45) is 1.76. The van der Waals surface area contributed by atoms with E-state index >= 15 is 0 Å². The van der Waals surface area contributed by atoms with Crippen LogP contribution in [0.2, 0.25) is 0 Å². The summed E-state index contributed by atoms with van der Waals surface area (Å²) in [4.78, 5) is 14.1. The second-order valence-corrected chi connectivity index (χ2v) is 6.20. The monoisotopic (exact) mass is 290 g/mol. The van der Waals surface area contributed by atoms with Crippen molar-refractivity contribution in [3.8, 4) is 5.75 Å². The van der Waals surface area contributed by atoms with Crippen LogP contribution in [0.5, 0.6) is 5.75 Å². The summed E-state index contributed by atoms with van der Waals surface area (Å²) in [6, 6.07) is 6.41. The maximum Gasteiger partial charge on any atom is 0.260 e. The molecule has 21 heavy (non-hydrogen) atoms. The zero-order valence-electron chi connectivity index (χ0n) is 13.3. The summed E-state index contributed by atoms with van der Waals surface area (Å²) in [6.45, 7) is 7.89. The summed E-state index contributed by atoms with van der Waals surface area (Å²) in [5.41, 5.74) is 8.15. The number of carbonyl (C=O) groups excluding carboxylic acids is 1. The van der Waals surface area contributed by atoms with Gasteiger partial charge >= 0.3 is 0 Å². The van der Waals surface area contributed by atoms with Crippen molar-refractivity contribution in [3.05, 3.63) is 29.3 Å². The molecule has 0 spiro atoms. The smallest absolute Gasteiger partial charge is 0.260 e. The van der Waals surface area contributed by atoms with Crippen LogP contribution < -0.4 is 10.5 Å². The van der Waals surface area contributed by atoms with Crippen molar-refractivity contribution in [3.63, 3.8) is 0 Å². The molecule has 2 N–H and O–H groups in total. The number of hydrogen-bond donors (Lipinski definition) is 1. The van der Waals surface area contributed by atoms with Gasteiger partial charge in [0, 0.05) is 19.1 Å². The van der Waals surface area contributed by atoms with Crippen molar-refractivity contribution in [1.29, 1.82) is 0 Å². The summed E-state index contributed by atoms with van der Waals surface area (Å²) in [5, 5.41) is 0. The predicted octanol–water partition coefficient (Wildman–Crippen LogP) is 2.45. The van der Waals surface area contributed by atoms with Gasteiger partial charge in [0.2, 0.25) is 0 Å². The Balaban J connectivity index is 1.96. The van der Waals surface area contributed by atoms with Gasteiger partial charge in [0.15, 0.2) is 6.61 Å². The number of hydrogen-bond acceptors (Lipinski definition) is 3. The molecule has 4 heteroatoms. The van der Waals surface area contributed by atoms with Crippen molar-refractivity contribution < 1.29 is 9.53 Å². The van der Waals surface area contributed by atoms with Crippen LogP contribution in [0.4, 0.5) is 0 Å². The molecule has 0 unspecified atom stereocenters. The van der Waals surface area contributed by atoms with Gasteiger partial charge < -0.3 is 15.4 Å². The first-order chi connectivity index (χ1) is 9.97. The zero-order chi connectivity index (χ0) is 15.4. The Morgan fingerprint density at radius 2 is 2.05 bits per heavy atom. The maximum absolute atomic E-state index is 12.2. The second kappa shape index (κ2) is 6.94. The molecule has 1 aromatic carbocycles. The fourth-order valence-electron chi connectivity index (χ4n) is 2.62. The van der Waals surface area contributed by atoms with Crippen LogP contribution >= 0.6 is 0 Å². The molecular formula is C17H26N2O2. The maximum atomic E-state index is 12.2. The topological polar surface area (TPSA) is 55.6 Å². The number of benzene rings is 1. The Bertz CT molecular complexity index is 492. The molecule has 0 bridgehead atoms. The Kier molecular flexibility index (Phi) is 5.23. The van der Waals surface area contributed by atoms with Gasteiger partial charge in [-0.2, -0.15) is 0 Å². The molecular weight excluding hydrogens is 264 g/mol. The molecule has 0 saturated carbocycles. The average molecular weight is 290 g/mol. The molecule has 1 aliphatic rings. The molecule has 0 radical (unpaired) electrons. The van der Waals surface area contributed by atoms with Crippen LogP contribution in [-0.2, 0) is 4.79 Å². The molecule has 1 saturated heterocycles. The van der Waals surface area contributed by atoms with E-state index in [-0.39, 0.29) is 18.6 Å². The van der Waals surface area contributed by atoms with Crippen LogP contribution in [0, 0.1) is 6.92 Å². The van der Waals surface area contributed by atoms with Crippen LogP contribution in [0.15, 0.2) is 18.2 Å². The molecule has 0 atom stereocenters. The molecule has 1 aliphatic heterocycles. The highest BCUT2D eigenvalue weighted by Gasteiger charge is 2.21. The van der Waals surface area contributed by atoms with E-state index in [0.717, 1.165) is 42.8 Å². The van der Waals surface area contributed by atoms with E-state index in [2.05, 4.69) is 26.0 Å². The standard InChI is InChI=1S/C17H26N2O2/c1-12(2)15-5-4-13(3)10-16(15)21-11-17(20)19-8-6-14(18)7-9-19/h4-5,10,12,14H,6-9,11,18H2,1-3H3. The minimum atomic E-state index is 0.0538. The van der Waals surface area contributed by atoms with Gasteiger partial charge in [0.25, 0.3) is 5.91 Å². The number of likely N-dealkylation sites (tertiary alicyclic amines) is 1. The Hall–Kier alpha value is -1.55. The number of aryl methyl sites for hydroxylation is 1. The lowest BCUT2D eigenvalue weighted by Crippen LogP contribution is -2.44. The third-order valence-corrected chi connectivity index (χ3v) is 4.03. The Labute approximate surface area is 127 Å². The van der Waals surface area contributed by atoms with E-state index in [1.807, 2.05) is 17.9 Å². The molecule has 2 rings (SSSR count). The molecule has 1 heterocycles. The minimum Gasteiger partial charge on any atom is -0.483 e. The highest BCUT2D eigenvalue weighted by atomic mass is 16.5. The summed E-state index contributed by atoms with van der Waals surface area (Å²) in [7, 11) is 0. The SMILES string of the molecule is Cc1ccc(C(C)C)c(OCC(=O)N2CCC(N)CC2)c1. The Morgan fingerprint density at radius 3 is 2.67 bits per heavy atom. The van der Waals surface area contributed by atoms with Gasteiger partial charge in [-0.05, 0) is 42.9 Å². The van der Waals surface area contributed by atoms with Crippen LogP contribution in [-0.4, -0.2) is 36.5 Å². The molecule has 1 aromatic rings. The van der Waals surface area contributed by atoms with Gasteiger partial charge in [0.1, 0.15) is 5.75 Å². The van der Waals surface area contributed by atoms with E-state index in [0.29, 0.717) is 5.92 Å². The zero-order valence-corrected chi connectivity index (χ0v) is 13.3. The lowest BCUT2D eigenvalue weighted by Gasteiger charge is -2.30. The number of piperidine rings is 1. The van der Waals surface area contributed by atoms with Crippen LogP contribution in [0.3, 0.4) is 0 Å². The van der Waals surface area contributed by atoms with Crippen molar-refractivity contribution in [2.45, 2.75) is 45.6 Å². The summed E-state index contributed by atoms with van der Waals surface area (Å²) >= 11 is 0. The largest absolute Gasteiger partial charge is 0.483 e. The van der Waals surface area contributed by atoms with Gasteiger partial charge in [-0.1, -0.05) is 26.0 Å². The number of ether oxygens (including phenoxy) is 1. The third kappa shape index (κ3) is 4.21. The highest BCUT2D eigenvalue weighted by Crippen LogP contribution is 2.27. The number of rotatable bonds is 4. The number of amides is 1. The van der Waals surface area contributed by atoms with E-state index < -0.39 is 0 Å². The van der Waals surface area contributed by atoms with E-state index in [1.54, 1.807) is 0 Å². The normalized spacial score (nSPS) is 16.3. The van der Waals surface area contributed by atoms with Gasteiger partial charge in [-0.25, -0.2) is 0 Å². The minimum absolute atomic E-state index is 0.0538. The molecule has 0 aromatic heterocycles. The lowest BCUT2D eigenvalue weighted by atomic mass is 10.0. The second-order valence-electron chi connectivity index (χ2n) is 6.20. The number of carbonyl (C=O) groups is 1. The van der Waals surface area contributed by atoms with E-state index in [4.69, 9.17) is 10.5 Å². The van der Waals surface area contributed by atoms with Crippen LogP contribution in [0.25, 0.3) is 0 Å². The van der Waals surface area contributed by atoms with E-state index in [9.17, 15) is 4.79 Å². The van der Waals surface area contributed by atoms with E-state index in [1.165, 1.54) is 0 Å². The lowest BCUT2D eigenvalue weighted by molar-refractivity contribution is -0.134. The quantitative estimate of drug-likeness (QED) is 0.926. The van der Waals surface area contributed by atoms with Crippen molar-refractivity contribution in [1.82, 2.24) is 4.90 Å². The third-order valence-electron chi connectivity index (χ3n) is 4.03. The van der Waals surface area contributed by atoms with Crippen molar-refractivity contribution in [2.75, 3.05) is 19.7 Å². The first kappa shape index (κ1) is 15.8. The van der Waals surface area contributed by atoms with Gasteiger partial charge in [0.05, 0.1) is 0 Å². The molecule has 4 nitrogen and oxygen atoms in total. The van der Waals surface area contributed by atoms with Gasteiger partial charge in [-0.15, -0.1) is 0 Å². The number of nitrogens with two attached hydrogens (primary N) is 1. The first-order valence-electron chi connectivity index (χ1n) is 7.74. The van der Waals surface area contributed by atoms with Crippen molar-refractivity contribution in [2.24, 2.45) is 5.73 Å². The van der Waals surface area contributed by atoms with Crippen LogP contribution in [0.1, 0.15) is 43.7 Å². The fraction of sp³-hybridized carbons (Fsp3) is 0.588. The Morgan fingerprint density at radius 1 is 1.38 bits per heavy atom. The van der Waals surface area contributed by atoms with Crippen molar-refractivity contribution >= 4 is 5.91 Å². The summed E-state index contributed by atoms with van der Waals surface area (Å²) in [5.74, 6) is 1.26. The summed E-state index contributed by atoms with van der Waals surface area (Å²) < 4.78 is 5.80. The molecule has 1 amide bonds. The average Bonchev–Trinajstić information content (AvgIpc) is 2.45. The highest BCUT2D eigenvalue weighted by molar-refractivity contribution is 5.78.